The van der Waals surface area contributed by atoms with Crippen molar-refractivity contribution < 1.29 is 0 Å². The fourth-order valence-corrected chi connectivity index (χ4v) is 1.73. The van der Waals surface area contributed by atoms with Gasteiger partial charge >= 0.3 is 0 Å². The summed E-state index contributed by atoms with van der Waals surface area (Å²) in [7, 11) is 0. The lowest BCUT2D eigenvalue weighted by atomic mass is 10.2. The van der Waals surface area contributed by atoms with Gasteiger partial charge in [0.2, 0.25) is 5.82 Å². The molecule has 0 fully saturated rings. The second-order valence-electron chi connectivity index (χ2n) is 3.74. The molecule has 88 valence electrons. The molecule has 0 atom stereocenters. The van der Waals surface area contributed by atoms with Crippen LogP contribution in [0.25, 0.3) is 17.1 Å². The molecule has 0 aliphatic rings. The second-order valence-corrected chi connectivity index (χ2v) is 4.18. The quantitative estimate of drug-likeness (QED) is 0.708. The molecular weight excluding hydrogens is 248 g/mol. The second kappa shape index (κ2) is 4.58. The summed E-state index contributed by atoms with van der Waals surface area (Å²) in [5.74, 6) is 0.602. The van der Waals surface area contributed by atoms with Crippen molar-refractivity contribution in [1.82, 2.24) is 20.2 Å². The van der Waals surface area contributed by atoms with Crippen LogP contribution in [0.2, 0.25) is 5.02 Å². The van der Waals surface area contributed by atoms with Gasteiger partial charge in [-0.05, 0) is 29.5 Å². The highest BCUT2D eigenvalue weighted by molar-refractivity contribution is 6.30. The standard InChI is InChI=1S/C13H9ClN4/c14-11-6-8-12(9-7-11)18-16-13(15-17-18)10-4-2-1-3-5-10/h1-9H. The van der Waals surface area contributed by atoms with E-state index in [2.05, 4.69) is 15.4 Å². The van der Waals surface area contributed by atoms with Gasteiger partial charge in [-0.2, -0.15) is 0 Å². The minimum absolute atomic E-state index is 0.602. The van der Waals surface area contributed by atoms with Crippen molar-refractivity contribution in [2.24, 2.45) is 0 Å². The third kappa shape index (κ3) is 2.10. The number of rotatable bonds is 2. The summed E-state index contributed by atoms with van der Waals surface area (Å²) >= 11 is 5.83. The van der Waals surface area contributed by atoms with Gasteiger partial charge in [0.1, 0.15) is 0 Å². The molecule has 0 N–H and O–H groups in total. The van der Waals surface area contributed by atoms with E-state index in [1.807, 2.05) is 42.5 Å². The molecule has 0 saturated heterocycles. The highest BCUT2D eigenvalue weighted by Gasteiger charge is 2.06. The first kappa shape index (κ1) is 10.9. The van der Waals surface area contributed by atoms with Crippen molar-refractivity contribution in [3.8, 4) is 17.1 Å². The maximum absolute atomic E-state index is 5.83. The number of tetrazole rings is 1. The SMILES string of the molecule is Clc1ccc(-n2nnc(-c3ccccc3)n2)cc1. The molecule has 18 heavy (non-hydrogen) atoms. The Labute approximate surface area is 109 Å². The summed E-state index contributed by atoms with van der Waals surface area (Å²) in [5.41, 5.74) is 1.77. The number of halogens is 1. The van der Waals surface area contributed by atoms with Crippen LogP contribution in [0.4, 0.5) is 0 Å². The van der Waals surface area contributed by atoms with E-state index in [0.29, 0.717) is 10.8 Å². The minimum Gasteiger partial charge on any atom is -0.130 e. The first-order valence-corrected chi connectivity index (χ1v) is 5.82. The van der Waals surface area contributed by atoms with Crippen molar-refractivity contribution in [2.75, 3.05) is 0 Å². The number of nitrogens with zero attached hydrogens (tertiary/aromatic N) is 4. The van der Waals surface area contributed by atoms with Gasteiger partial charge in [0.05, 0.1) is 5.69 Å². The van der Waals surface area contributed by atoms with Gasteiger partial charge in [-0.1, -0.05) is 41.9 Å². The molecule has 2 aromatic carbocycles. The summed E-state index contributed by atoms with van der Waals surface area (Å²) < 4.78 is 0. The maximum Gasteiger partial charge on any atom is 0.205 e. The first-order chi connectivity index (χ1) is 8.83. The molecule has 3 aromatic rings. The fourth-order valence-electron chi connectivity index (χ4n) is 1.60. The monoisotopic (exact) mass is 256 g/mol. The fraction of sp³-hybridized carbons (Fsp3) is 0. The molecule has 0 radical (unpaired) electrons. The summed E-state index contributed by atoms with van der Waals surface area (Å²) in [6, 6.07) is 17.0. The Morgan fingerprint density at radius 2 is 1.61 bits per heavy atom. The highest BCUT2D eigenvalue weighted by atomic mass is 35.5. The van der Waals surface area contributed by atoms with Gasteiger partial charge in [-0.3, -0.25) is 0 Å². The zero-order valence-electron chi connectivity index (χ0n) is 9.36. The molecule has 4 nitrogen and oxygen atoms in total. The molecule has 0 bridgehead atoms. The Hall–Kier alpha value is -2.20. The van der Waals surface area contributed by atoms with Gasteiger partial charge in [-0.25, -0.2) is 0 Å². The van der Waals surface area contributed by atoms with E-state index in [0.717, 1.165) is 11.3 Å². The smallest absolute Gasteiger partial charge is 0.130 e. The van der Waals surface area contributed by atoms with E-state index in [1.54, 1.807) is 12.1 Å². The Morgan fingerprint density at radius 1 is 0.889 bits per heavy atom. The van der Waals surface area contributed by atoms with Crippen molar-refractivity contribution >= 4 is 11.6 Å². The van der Waals surface area contributed by atoms with E-state index in [9.17, 15) is 0 Å². The number of aromatic nitrogens is 4. The van der Waals surface area contributed by atoms with Gasteiger partial charge in [0.15, 0.2) is 0 Å². The molecule has 0 unspecified atom stereocenters. The Bertz CT molecular complexity index is 646. The minimum atomic E-state index is 0.602. The summed E-state index contributed by atoms with van der Waals surface area (Å²) in [4.78, 5) is 1.48. The van der Waals surface area contributed by atoms with Crippen LogP contribution in [-0.2, 0) is 0 Å². The zero-order valence-corrected chi connectivity index (χ0v) is 10.1. The van der Waals surface area contributed by atoms with E-state index in [4.69, 9.17) is 11.6 Å². The third-order valence-electron chi connectivity index (χ3n) is 2.50. The van der Waals surface area contributed by atoms with Crippen molar-refractivity contribution in [2.45, 2.75) is 0 Å². The van der Waals surface area contributed by atoms with Crippen molar-refractivity contribution in [3.63, 3.8) is 0 Å². The van der Waals surface area contributed by atoms with Gasteiger partial charge in [0, 0.05) is 10.6 Å². The van der Waals surface area contributed by atoms with Crippen molar-refractivity contribution in [1.29, 1.82) is 0 Å². The molecule has 1 heterocycles. The van der Waals surface area contributed by atoms with E-state index in [1.165, 1.54) is 4.80 Å². The predicted molar refractivity (Wildman–Crippen MR) is 69.6 cm³/mol. The van der Waals surface area contributed by atoms with Crippen LogP contribution in [0.3, 0.4) is 0 Å². The van der Waals surface area contributed by atoms with E-state index < -0.39 is 0 Å². The summed E-state index contributed by atoms with van der Waals surface area (Å²) in [5, 5.41) is 13.1. The van der Waals surface area contributed by atoms with Crippen LogP contribution in [0.5, 0.6) is 0 Å². The zero-order chi connectivity index (χ0) is 12.4. The highest BCUT2D eigenvalue weighted by Crippen LogP contribution is 2.15. The van der Waals surface area contributed by atoms with E-state index >= 15 is 0 Å². The summed E-state index contributed by atoms with van der Waals surface area (Å²) in [6.45, 7) is 0. The molecule has 0 aliphatic heterocycles. The van der Waals surface area contributed by atoms with Crippen LogP contribution >= 0.6 is 11.6 Å². The lowest BCUT2D eigenvalue weighted by molar-refractivity contribution is 0.720. The number of hydrogen-bond donors (Lipinski definition) is 0. The van der Waals surface area contributed by atoms with E-state index in [-0.39, 0.29) is 0 Å². The Kier molecular flexibility index (Phi) is 2.78. The lowest BCUT2D eigenvalue weighted by Crippen LogP contribution is -1.98. The third-order valence-corrected chi connectivity index (χ3v) is 2.76. The van der Waals surface area contributed by atoms with Gasteiger partial charge in [0.25, 0.3) is 0 Å². The number of hydrogen-bond acceptors (Lipinski definition) is 3. The van der Waals surface area contributed by atoms with Crippen LogP contribution in [-0.4, -0.2) is 20.2 Å². The Balaban J connectivity index is 1.97. The number of benzene rings is 2. The molecule has 3 rings (SSSR count). The van der Waals surface area contributed by atoms with Crippen LogP contribution in [0.1, 0.15) is 0 Å². The molecule has 0 spiro atoms. The van der Waals surface area contributed by atoms with Crippen LogP contribution < -0.4 is 0 Å². The van der Waals surface area contributed by atoms with Crippen LogP contribution in [0.15, 0.2) is 54.6 Å². The molecule has 5 heteroatoms. The molecule has 0 aliphatic carbocycles. The lowest BCUT2D eigenvalue weighted by Gasteiger charge is -1.97. The maximum atomic E-state index is 5.83. The van der Waals surface area contributed by atoms with Gasteiger partial charge < -0.3 is 0 Å². The molecule has 0 saturated carbocycles. The van der Waals surface area contributed by atoms with Gasteiger partial charge in [-0.15, -0.1) is 15.0 Å². The predicted octanol–water partition coefficient (Wildman–Crippen LogP) is 2.98. The normalized spacial score (nSPS) is 10.5. The van der Waals surface area contributed by atoms with Crippen molar-refractivity contribution in [3.05, 3.63) is 59.6 Å². The molecule has 1 aromatic heterocycles. The topological polar surface area (TPSA) is 43.6 Å². The Morgan fingerprint density at radius 3 is 2.33 bits per heavy atom. The first-order valence-electron chi connectivity index (χ1n) is 5.44. The summed E-state index contributed by atoms with van der Waals surface area (Å²) in [6.07, 6.45) is 0. The van der Waals surface area contributed by atoms with Crippen LogP contribution in [0, 0.1) is 0 Å². The molecular formula is C13H9ClN4. The largest absolute Gasteiger partial charge is 0.205 e. The average molecular weight is 257 g/mol. The molecule has 0 amide bonds. The average Bonchev–Trinajstić information content (AvgIpc) is 2.90.